The molecule has 0 rings (SSSR count). The second-order valence-corrected chi connectivity index (χ2v) is 10.2. The predicted octanol–water partition coefficient (Wildman–Crippen LogP) is 5.61. The number of hydrogen-bond acceptors (Lipinski definition) is 6. The molecule has 0 unspecified atom stereocenters. The Labute approximate surface area is 225 Å². The van der Waals surface area contributed by atoms with Crippen LogP contribution in [0.2, 0.25) is 0 Å². The van der Waals surface area contributed by atoms with Crippen molar-refractivity contribution in [1.82, 2.24) is 9.80 Å². The summed E-state index contributed by atoms with van der Waals surface area (Å²) in [7, 11) is 0. The first-order valence-electron chi connectivity index (χ1n) is 15.6. The summed E-state index contributed by atoms with van der Waals surface area (Å²) < 4.78 is 0. The van der Waals surface area contributed by atoms with Crippen molar-refractivity contribution in [3.8, 4) is 0 Å². The maximum Gasteiger partial charge on any atom is 0.0558 e. The van der Waals surface area contributed by atoms with Gasteiger partial charge in [-0.25, -0.2) is 0 Å². The Balaban J connectivity index is 0. The van der Waals surface area contributed by atoms with Gasteiger partial charge in [0.2, 0.25) is 0 Å². The molecule has 0 saturated carbocycles. The standard InChI is InChI=1S/C22H47NO2.C8H19NO2/c1-2-3-4-5-6-7-8-9-10-11-12-13-14-15-16-17-18-23(19-21-24)20-22-25;1-2-3-4-9(5-7-10)6-8-11/h24-25H,2-22H2,1H3;10-11H,2-8H2,1H3. The van der Waals surface area contributed by atoms with Crippen molar-refractivity contribution in [2.75, 3.05) is 65.7 Å². The Morgan fingerprint density at radius 2 is 0.556 bits per heavy atom. The van der Waals surface area contributed by atoms with Crippen LogP contribution in [0.5, 0.6) is 0 Å². The average molecular weight is 519 g/mol. The molecule has 0 amide bonds. The molecule has 0 fully saturated rings. The molecule has 0 atom stereocenters. The minimum atomic E-state index is 0.184. The summed E-state index contributed by atoms with van der Waals surface area (Å²) >= 11 is 0. The van der Waals surface area contributed by atoms with Crippen LogP contribution < -0.4 is 0 Å². The van der Waals surface area contributed by atoms with Crippen LogP contribution in [0.25, 0.3) is 0 Å². The minimum absolute atomic E-state index is 0.184. The highest BCUT2D eigenvalue weighted by Crippen LogP contribution is 2.13. The van der Waals surface area contributed by atoms with Crippen molar-refractivity contribution in [3.05, 3.63) is 0 Å². The van der Waals surface area contributed by atoms with Crippen LogP contribution in [-0.4, -0.2) is 95.9 Å². The van der Waals surface area contributed by atoms with E-state index in [2.05, 4.69) is 23.6 Å². The normalized spacial score (nSPS) is 11.3. The van der Waals surface area contributed by atoms with Crippen LogP contribution in [0.4, 0.5) is 0 Å². The number of rotatable bonds is 28. The van der Waals surface area contributed by atoms with Gasteiger partial charge < -0.3 is 20.4 Å². The van der Waals surface area contributed by atoms with E-state index in [1.165, 1.54) is 103 Å². The number of unbranched alkanes of at least 4 members (excludes halogenated alkanes) is 16. The first kappa shape index (κ1) is 37.9. The van der Waals surface area contributed by atoms with E-state index in [9.17, 15) is 0 Å². The summed E-state index contributed by atoms with van der Waals surface area (Å²) in [6.07, 6.45) is 24.6. The molecule has 6 nitrogen and oxygen atoms in total. The summed E-state index contributed by atoms with van der Waals surface area (Å²) in [5, 5.41) is 35.2. The molecule has 0 aromatic heterocycles. The van der Waals surface area contributed by atoms with E-state index >= 15 is 0 Å². The Kier molecular flexibility index (Phi) is 36.6. The molecule has 0 radical (unpaired) electrons. The van der Waals surface area contributed by atoms with E-state index in [1.807, 2.05) is 0 Å². The van der Waals surface area contributed by atoms with Gasteiger partial charge in [-0.15, -0.1) is 0 Å². The van der Waals surface area contributed by atoms with Crippen LogP contribution in [0.1, 0.15) is 129 Å². The first-order valence-corrected chi connectivity index (χ1v) is 15.6. The highest BCUT2D eigenvalue weighted by molar-refractivity contribution is 4.57. The van der Waals surface area contributed by atoms with Gasteiger partial charge in [-0.1, -0.05) is 117 Å². The Morgan fingerprint density at radius 1 is 0.306 bits per heavy atom. The summed E-state index contributed by atoms with van der Waals surface area (Å²) in [6, 6.07) is 0. The fourth-order valence-electron chi connectivity index (χ4n) is 4.50. The van der Waals surface area contributed by atoms with Crippen molar-refractivity contribution in [1.29, 1.82) is 0 Å². The lowest BCUT2D eigenvalue weighted by Gasteiger charge is -2.19. The van der Waals surface area contributed by atoms with Gasteiger partial charge in [0, 0.05) is 26.2 Å². The molecule has 0 aliphatic carbocycles. The highest BCUT2D eigenvalue weighted by Gasteiger charge is 2.03. The third-order valence-corrected chi connectivity index (χ3v) is 6.82. The lowest BCUT2D eigenvalue weighted by molar-refractivity contribution is 0.159. The molecule has 6 heteroatoms. The molecule has 0 aliphatic heterocycles. The summed E-state index contributed by atoms with van der Waals surface area (Å²) in [6.45, 7) is 9.92. The third kappa shape index (κ3) is 31.8. The lowest BCUT2D eigenvalue weighted by Crippen LogP contribution is -2.30. The number of aliphatic hydroxyl groups is 4. The fraction of sp³-hybridized carbons (Fsp3) is 1.00. The first-order chi connectivity index (χ1) is 17.7. The van der Waals surface area contributed by atoms with Gasteiger partial charge in [0.05, 0.1) is 26.4 Å². The summed E-state index contributed by atoms with van der Waals surface area (Å²) in [5.41, 5.74) is 0. The van der Waals surface area contributed by atoms with Crippen LogP contribution in [0, 0.1) is 0 Å². The monoisotopic (exact) mass is 519 g/mol. The summed E-state index contributed by atoms with van der Waals surface area (Å²) in [4.78, 5) is 4.23. The third-order valence-electron chi connectivity index (χ3n) is 6.82. The predicted molar refractivity (Wildman–Crippen MR) is 156 cm³/mol. The lowest BCUT2D eigenvalue weighted by atomic mass is 10.0. The maximum atomic E-state index is 8.97. The topological polar surface area (TPSA) is 87.4 Å². The van der Waals surface area contributed by atoms with Gasteiger partial charge in [-0.3, -0.25) is 9.80 Å². The Bertz CT molecular complexity index is 363. The molecule has 0 spiro atoms. The molecule has 4 N–H and O–H groups in total. The zero-order chi connectivity index (χ0) is 27.0. The van der Waals surface area contributed by atoms with E-state index < -0.39 is 0 Å². The molecule has 220 valence electrons. The van der Waals surface area contributed by atoms with Gasteiger partial charge in [0.1, 0.15) is 0 Å². The van der Waals surface area contributed by atoms with Gasteiger partial charge in [-0.2, -0.15) is 0 Å². The smallest absolute Gasteiger partial charge is 0.0558 e. The molecule has 0 aromatic rings. The molecule has 0 saturated heterocycles. The fourth-order valence-corrected chi connectivity index (χ4v) is 4.50. The van der Waals surface area contributed by atoms with Crippen molar-refractivity contribution in [2.24, 2.45) is 0 Å². The van der Waals surface area contributed by atoms with E-state index in [1.54, 1.807) is 0 Å². The van der Waals surface area contributed by atoms with Crippen molar-refractivity contribution in [2.45, 2.75) is 129 Å². The van der Waals surface area contributed by atoms with Gasteiger partial charge in [-0.05, 0) is 25.9 Å². The van der Waals surface area contributed by atoms with Gasteiger partial charge in [0.15, 0.2) is 0 Å². The van der Waals surface area contributed by atoms with Gasteiger partial charge >= 0.3 is 0 Å². The van der Waals surface area contributed by atoms with E-state index in [0.717, 1.165) is 25.9 Å². The quantitative estimate of drug-likeness (QED) is 0.101. The van der Waals surface area contributed by atoms with Gasteiger partial charge in [0.25, 0.3) is 0 Å². The van der Waals surface area contributed by atoms with Crippen molar-refractivity contribution >= 4 is 0 Å². The second kappa shape index (κ2) is 34.8. The average Bonchev–Trinajstić information content (AvgIpc) is 2.88. The van der Waals surface area contributed by atoms with Crippen LogP contribution in [0.3, 0.4) is 0 Å². The highest BCUT2D eigenvalue weighted by atomic mass is 16.3. The van der Waals surface area contributed by atoms with E-state index in [4.69, 9.17) is 20.4 Å². The summed E-state index contributed by atoms with van der Waals surface area (Å²) in [5.74, 6) is 0. The second-order valence-electron chi connectivity index (χ2n) is 10.2. The zero-order valence-corrected chi connectivity index (χ0v) is 24.5. The molecular weight excluding hydrogens is 452 g/mol. The van der Waals surface area contributed by atoms with Crippen molar-refractivity contribution in [3.63, 3.8) is 0 Å². The number of nitrogens with zero attached hydrogens (tertiary/aromatic N) is 2. The van der Waals surface area contributed by atoms with Crippen LogP contribution >= 0.6 is 0 Å². The van der Waals surface area contributed by atoms with E-state index in [-0.39, 0.29) is 26.4 Å². The SMILES string of the molecule is CCCCCCCCCCCCCCCCCCN(CCO)CCO.CCCCN(CCO)CCO. The minimum Gasteiger partial charge on any atom is -0.395 e. The largest absolute Gasteiger partial charge is 0.395 e. The number of aliphatic hydroxyl groups excluding tert-OH is 4. The van der Waals surface area contributed by atoms with E-state index in [0.29, 0.717) is 26.2 Å². The van der Waals surface area contributed by atoms with Crippen LogP contribution in [0.15, 0.2) is 0 Å². The number of hydrogen-bond donors (Lipinski definition) is 4. The molecule has 0 aliphatic rings. The Hall–Kier alpha value is -0.240. The van der Waals surface area contributed by atoms with Crippen molar-refractivity contribution < 1.29 is 20.4 Å². The molecule has 0 aromatic carbocycles. The Morgan fingerprint density at radius 3 is 0.833 bits per heavy atom. The molecule has 0 heterocycles. The van der Waals surface area contributed by atoms with Crippen LogP contribution in [-0.2, 0) is 0 Å². The maximum absolute atomic E-state index is 8.97. The molecular formula is C30H66N2O4. The molecule has 0 bridgehead atoms. The molecule has 36 heavy (non-hydrogen) atoms. The zero-order valence-electron chi connectivity index (χ0n) is 24.5.